The van der Waals surface area contributed by atoms with Crippen molar-refractivity contribution in [2.75, 3.05) is 13.1 Å². The number of hydrogen-bond acceptors (Lipinski definition) is 5. The molecule has 4 aliphatic rings. The fourth-order valence-electron chi connectivity index (χ4n) is 5.83. The summed E-state index contributed by atoms with van der Waals surface area (Å²) in [6.07, 6.45) is -3.20. The molecule has 4 rings (SSSR count). The molecule has 4 fully saturated rings. The quantitative estimate of drug-likeness (QED) is 0.458. The van der Waals surface area contributed by atoms with E-state index >= 15 is 0 Å². The number of nitrogens with zero attached hydrogens (tertiary/aromatic N) is 2. The van der Waals surface area contributed by atoms with Crippen molar-refractivity contribution in [1.29, 1.82) is 5.26 Å². The van der Waals surface area contributed by atoms with Crippen LogP contribution in [0.2, 0.25) is 0 Å². The lowest BCUT2D eigenvalue weighted by molar-refractivity contribution is -0.175. The van der Waals surface area contributed by atoms with Gasteiger partial charge >= 0.3 is 12.1 Å². The van der Waals surface area contributed by atoms with Crippen LogP contribution in [0.1, 0.15) is 46.0 Å². The molecule has 2 aliphatic carbocycles. The van der Waals surface area contributed by atoms with E-state index in [9.17, 15) is 37.6 Å². The van der Waals surface area contributed by atoms with Gasteiger partial charge in [-0.2, -0.15) is 18.4 Å². The maximum Gasteiger partial charge on any atom is 0.471 e. The number of carbonyl (C=O) groups excluding carboxylic acids is 4. The third kappa shape index (κ3) is 4.95. The third-order valence-electron chi connectivity index (χ3n) is 8.08. The Morgan fingerprint density at radius 2 is 1.91 bits per heavy atom. The summed E-state index contributed by atoms with van der Waals surface area (Å²) in [4.78, 5) is 51.7. The largest absolute Gasteiger partial charge is 0.471 e. The highest BCUT2D eigenvalue weighted by Gasteiger charge is 2.70. The molecule has 4 amide bonds. The number of rotatable bonds is 8. The number of nitriles is 1. The molecule has 0 aromatic heterocycles. The summed E-state index contributed by atoms with van der Waals surface area (Å²) in [6, 6.07) is -0.821. The van der Waals surface area contributed by atoms with Gasteiger partial charge in [-0.15, -0.1) is 0 Å². The molecule has 9 nitrogen and oxygen atoms in total. The fourth-order valence-corrected chi connectivity index (χ4v) is 5.83. The molecular weight excluding hydrogens is 467 g/mol. The number of piperidine rings is 1. The van der Waals surface area contributed by atoms with Crippen LogP contribution in [0.4, 0.5) is 13.2 Å². The first-order chi connectivity index (χ1) is 16.4. The lowest BCUT2D eigenvalue weighted by Crippen LogP contribution is -2.58. The third-order valence-corrected chi connectivity index (χ3v) is 8.08. The number of halogens is 3. The normalized spacial score (nSPS) is 30.5. The topological polar surface area (TPSA) is 131 Å². The Labute approximate surface area is 201 Å². The predicted octanol–water partition coefficient (Wildman–Crippen LogP) is 0.851. The lowest BCUT2D eigenvalue weighted by Gasteiger charge is -2.34. The molecule has 2 heterocycles. The van der Waals surface area contributed by atoms with E-state index in [1.165, 1.54) is 4.90 Å². The fraction of sp³-hybridized carbons (Fsp3) is 0.783. The van der Waals surface area contributed by atoms with Crippen LogP contribution in [0.5, 0.6) is 0 Å². The maximum absolute atomic E-state index is 13.4. The first kappa shape index (κ1) is 25.3. The van der Waals surface area contributed by atoms with Crippen LogP contribution >= 0.6 is 0 Å². The summed E-state index contributed by atoms with van der Waals surface area (Å²) in [5.74, 6) is -4.34. The Bertz CT molecular complexity index is 958. The van der Waals surface area contributed by atoms with Crippen LogP contribution in [0.25, 0.3) is 0 Å². The summed E-state index contributed by atoms with van der Waals surface area (Å²) in [6.45, 7) is 4.70. The zero-order chi connectivity index (χ0) is 25.7. The van der Waals surface area contributed by atoms with Gasteiger partial charge in [-0.1, -0.05) is 13.8 Å². The maximum atomic E-state index is 13.4. The Morgan fingerprint density at radius 3 is 2.46 bits per heavy atom. The number of carbonyl (C=O) groups is 4. The number of hydrogen-bond donors (Lipinski definition) is 3. The molecule has 0 radical (unpaired) electrons. The molecule has 6 atom stereocenters. The molecule has 0 unspecified atom stereocenters. The molecule has 0 bridgehead atoms. The summed E-state index contributed by atoms with van der Waals surface area (Å²) in [5.41, 5.74) is -0.223. The number of fused-ring (bicyclic) bond motifs is 1. The van der Waals surface area contributed by atoms with Crippen molar-refractivity contribution < 1.29 is 32.3 Å². The molecule has 12 heteroatoms. The molecule has 192 valence electrons. The standard InChI is InChI=1S/C23H30F3N5O4/c1-22(2)14-10-31(20(34)16(11-3-4-11)30-21(35)23(24,25)26)17(15(14)22)19(33)29-13(5-7-27)9-12-6-8-28-18(12)32/h11-17H,3-6,8-10H2,1-2H3,(H,28,32)(H,29,33)(H,30,35)/t12-,13+,14-,15-,16-,17-/m0/s1. The van der Waals surface area contributed by atoms with Gasteiger partial charge in [0.1, 0.15) is 12.1 Å². The van der Waals surface area contributed by atoms with Gasteiger partial charge in [0.2, 0.25) is 17.7 Å². The number of likely N-dealkylation sites (tertiary alicyclic amines) is 1. The summed E-state index contributed by atoms with van der Waals surface area (Å²) in [5, 5.41) is 16.6. The average Bonchev–Trinajstić information content (AvgIpc) is 3.57. The van der Waals surface area contributed by atoms with E-state index in [-0.39, 0.29) is 48.5 Å². The Hall–Kier alpha value is -2.84. The van der Waals surface area contributed by atoms with Gasteiger partial charge in [0.05, 0.1) is 12.5 Å². The van der Waals surface area contributed by atoms with Crippen molar-refractivity contribution in [3.63, 3.8) is 0 Å². The second kappa shape index (κ2) is 8.99. The van der Waals surface area contributed by atoms with E-state index in [0.717, 1.165) is 0 Å². The zero-order valence-corrected chi connectivity index (χ0v) is 19.7. The van der Waals surface area contributed by atoms with Crippen molar-refractivity contribution in [3.8, 4) is 6.07 Å². The van der Waals surface area contributed by atoms with E-state index in [4.69, 9.17) is 0 Å². The Morgan fingerprint density at radius 1 is 1.23 bits per heavy atom. The van der Waals surface area contributed by atoms with Crippen molar-refractivity contribution >= 4 is 23.6 Å². The number of nitrogens with one attached hydrogen (secondary N) is 3. The minimum absolute atomic E-state index is 0.00963. The van der Waals surface area contributed by atoms with E-state index in [0.29, 0.717) is 25.8 Å². The Balaban J connectivity index is 1.50. The van der Waals surface area contributed by atoms with Crippen molar-refractivity contribution in [3.05, 3.63) is 0 Å². The second-order valence-electron chi connectivity index (χ2n) is 10.8. The lowest BCUT2D eigenvalue weighted by atomic mass is 9.95. The van der Waals surface area contributed by atoms with Crippen LogP contribution in [0, 0.1) is 40.4 Å². The minimum atomic E-state index is -5.11. The van der Waals surface area contributed by atoms with Crippen molar-refractivity contribution in [1.82, 2.24) is 20.9 Å². The first-order valence-electron chi connectivity index (χ1n) is 12.0. The van der Waals surface area contributed by atoms with E-state index < -0.39 is 47.9 Å². The Kier molecular flexibility index (Phi) is 6.49. The molecule has 35 heavy (non-hydrogen) atoms. The summed E-state index contributed by atoms with van der Waals surface area (Å²) >= 11 is 0. The molecule has 2 aliphatic heterocycles. The van der Waals surface area contributed by atoms with E-state index in [1.54, 1.807) is 0 Å². The average molecular weight is 498 g/mol. The second-order valence-corrected chi connectivity index (χ2v) is 10.8. The molecule has 0 aromatic rings. The van der Waals surface area contributed by atoms with Crippen LogP contribution in [-0.4, -0.2) is 65.9 Å². The van der Waals surface area contributed by atoms with E-state index in [1.807, 2.05) is 25.2 Å². The summed E-state index contributed by atoms with van der Waals surface area (Å²) in [7, 11) is 0. The van der Waals surface area contributed by atoms with E-state index in [2.05, 4.69) is 10.6 Å². The van der Waals surface area contributed by atoms with Gasteiger partial charge in [0.15, 0.2) is 0 Å². The van der Waals surface area contributed by atoms with Gasteiger partial charge in [0, 0.05) is 25.0 Å². The van der Waals surface area contributed by atoms with Crippen LogP contribution in [-0.2, 0) is 19.2 Å². The van der Waals surface area contributed by atoms with Crippen molar-refractivity contribution in [2.45, 2.75) is 70.3 Å². The summed E-state index contributed by atoms with van der Waals surface area (Å²) < 4.78 is 38.6. The highest BCUT2D eigenvalue weighted by molar-refractivity contribution is 5.94. The zero-order valence-electron chi connectivity index (χ0n) is 19.7. The van der Waals surface area contributed by atoms with Crippen LogP contribution in [0.3, 0.4) is 0 Å². The predicted molar refractivity (Wildman–Crippen MR) is 115 cm³/mol. The highest BCUT2D eigenvalue weighted by atomic mass is 19.4. The molecule has 2 saturated heterocycles. The van der Waals surface area contributed by atoms with Crippen molar-refractivity contribution in [2.24, 2.45) is 29.1 Å². The van der Waals surface area contributed by atoms with Gasteiger partial charge in [-0.3, -0.25) is 19.2 Å². The van der Waals surface area contributed by atoms with Crippen LogP contribution < -0.4 is 16.0 Å². The molecular formula is C23H30F3N5O4. The van der Waals surface area contributed by atoms with Gasteiger partial charge in [-0.05, 0) is 48.9 Å². The highest BCUT2D eigenvalue weighted by Crippen LogP contribution is 2.65. The van der Waals surface area contributed by atoms with Gasteiger partial charge < -0.3 is 20.9 Å². The smallest absolute Gasteiger partial charge is 0.356 e. The van der Waals surface area contributed by atoms with Gasteiger partial charge in [0.25, 0.3) is 0 Å². The molecule has 0 spiro atoms. The van der Waals surface area contributed by atoms with Crippen LogP contribution in [0.15, 0.2) is 0 Å². The number of alkyl halides is 3. The molecule has 3 N–H and O–H groups in total. The monoisotopic (exact) mass is 497 g/mol. The minimum Gasteiger partial charge on any atom is -0.356 e. The SMILES string of the molecule is CC1(C)[C@@H]2[C@@H](C(=O)N[C@H](CC#N)C[C@@H]3CCNC3=O)N(C(=O)[C@@H](NC(=O)C(F)(F)F)C3CC3)C[C@@H]21. The molecule has 2 saturated carbocycles. The van der Waals surface area contributed by atoms with Gasteiger partial charge in [-0.25, -0.2) is 0 Å². The number of amides is 4. The first-order valence-corrected chi connectivity index (χ1v) is 12.0. The molecule has 0 aromatic carbocycles.